The maximum Gasteiger partial charge on any atom is 0.322 e. The van der Waals surface area contributed by atoms with Crippen molar-refractivity contribution >= 4 is 18.4 Å². The highest BCUT2D eigenvalue weighted by molar-refractivity contribution is 5.85. The van der Waals surface area contributed by atoms with Gasteiger partial charge in [0.1, 0.15) is 0 Å². The van der Waals surface area contributed by atoms with Crippen LogP contribution in [0.2, 0.25) is 0 Å². The Morgan fingerprint density at radius 1 is 1.45 bits per heavy atom. The van der Waals surface area contributed by atoms with Gasteiger partial charge in [0, 0.05) is 6.92 Å². The number of rotatable bonds is 1. The molecule has 1 saturated heterocycles. The number of carbonyl (C=O) groups is 1. The molecule has 0 N–H and O–H groups in total. The summed E-state index contributed by atoms with van der Waals surface area (Å²) in [5, 5.41) is 1.62. The lowest BCUT2D eigenvalue weighted by Crippen LogP contribution is -2.37. The molecule has 11 heavy (non-hydrogen) atoms. The zero-order valence-electron chi connectivity index (χ0n) is 6.41. The molecule has 1 fully saturated rings. The summed E-state index contributed by atoms with van der Waals surface area (Å²) in [5.74, 6) is -0.262. The smallest absolute Gasteiger partial charge is 0.322 e. The van der Waals surface area contributed by atoms with Gasteiger partial charge in [-0.2, -0.15) is 0 Å². The van der Waals surface area contributed by atoms with Crippen molar-refractivity contribution in [3.05, 3.63) is 0 Å². The van der Waals surface area contributed by atoms with E-state index in [9.17, 15) is 4.79 Å². The molecule has 0 aromatic rings. The summed E-state index contributed by atoms with van der Waals surface area (Å²) >= 11 is 0. The van der Waals surface area contributed by atoms with Crippen LogP contribution >= 0.6 is 12.4 Å². The van der Waals surface area contributed by atoms with Gasteiger partial charge < -0.3 is 9.57 Å². The van der Waals surface area contributed by atoms with Gasteiger partial charge in [0.25, 0.3) is 0 Å². The second-order valence-corrected chi connectivity index (χ2v) is 2.12. The molecule has 0 spiro atoms. The summed E-state index contributed by atoms with van der Waals surface area (Å²) in [4.78, 5) is 15.2. The fourth-order valence-electron chi connectivity index (χ4n) is 0.820. The van der Waals surface area contributed by atoms with E-state index >= 15 is 0 Å². The molecule has 1 rings (SSSR count). The largest absolute Gasteiger partial charge is 0.379 e. The van der Waals surface area contributed by atoms with Gasteiger partial charge in [0.05, 0.1) is 26.3 Å². The molecule has 0 aliphatic carbocycles. The molecule has 0 aromatic heterocycles. The Morgan fingerprint density at radius 3 is 2.45 bits per heavy atom. The predicted molar refractivity (Wildman–Crippen MR) is 41.4 cm³/mol. The van der Waals surface area contributed by atoms with Crippen LogP contribution in [-0.2, 0) is 14.4 Å². The summed E-state index contributed by atoms with van der Waals surface area (Å²) < 4.78 is 5.05. The Morgan fingerprint density at radius 2 is 2.00 bits per heavy atom. The number of nitrogens with zero attached hydrogens (tertiary/aromatic N) is 1. The standard InChI is InChI=1S/C6H11NO3.ClH/c1-6(8)10-7-2-4-9-5-3-7;/h2-5H2,1H3;1H. The van der Waals surface area contributed by atoms with Crippen LogP contribution in [-0.4, -0.2) is 37.3 Å². The van der Waals surface area contributed by atoms with Crippen LogP contribution in [0.4, 0.5) is 0 Å². The van der Waals surface area contributed by atoms with Crippen molar-refractivity contribution < 1.29 is 14.4 Å². The normalized spacial score (nSPS) is 18.6. The van der Waals surface area contributed by atoms with E-state index in [-0.39, 0.29) is 18.4 Å². The van der Waals surface area contributed by atoms with Crippen LogP contribution in [0.15, 0.2) is 0 Å². The monoisotopic (exact) mass is 181 g/mol. The van der Waals surface area contributed by atoms with Gasteiger partial charge in [-0.25, -0.2) is 0 Å². The molecular weight excluding hydrogens is 170 g/mol. The van der Waals surface area contributed by atoms with E-state index < -0.39 is 0 Å². The number of ether oxygens (including phenoxy) is 1. The molecule has 4 nitrogen and oxygen atoms in total. The quantitative estimate of drug-likeness (QED) is 0.580. The van der Waals surface area contributed by atoms with Crippen LogP contribution in [0.1, 0.15) is 6.92 Å². The zero-order valence-corrected chi connectivity index (χ0v) is 7.23. The minimum absolute atomic E-state index is 0. The van der Waals surface area contributed by atoms with Gasteiger partial charge in [-0.15, -0.1) is 17.5 Å². The molecular formula is C6H12ClNO3. The van der Waals surface area contributed by atoms with Crippen molar-refractivity contribution in [2.24, 2.45) is 0 Å². The third-order valence-corrected chi connectivity index (χ3v) is 1.23. The van der Waals surface area contributed by atoms with E-state index in [0.29, 0.717) is 26.3 Å². The van der Waals surface area contributed by atoms with Crippen molar-refractivity contribution in [1.29, 1.82) is 0 Å². The third-order valence-electron chi connectivity index (χ3n) is 1.23. The average Bonchev–Trinajstić information content (AvgIpc) is 1.88. The lowest BCUT2D eigenvalue weighted by atomic mass is 10.5. The highest BCUT2D eigenvalue weighted by Gasteiger charge is 2.11. The third kappa shape index (κ3) is 4.19. The fraction of sp³-hybridized carbons (Fsp3) is 0.833. The average molecular weight is 182 g/mol. The molecule has 0 aromatic carbocycles. The number of halogens is 1. The number of hydrogen-bond acceptors (Lipinski definition) is 4. The molecule has 0 bridgehead atoms. The van der Waals surface area contributed by atoms with Gasteiger partial charge >= 0.3 is 5.97 Å². The second-order valence-electron chi connectivity index (χ2n) is 2.12. The lowest BCUT2D eigenvalue weighted by molar-refractivity contribution is -0.202. The Kier molecular flexibility index (Phi) is 5.19. The topological polar surface area (TPSA) is 38.8 Å². The predicted octanol–water partition coefficient (Wildman–Crippen LogP) is 0.218. The Bertz CT molecular complexity index is 125. The fourth-order valence-corrected chi connectivity index (χ4v) is 0.820. The molecule has 5 heteroatoms. The van der Waals surface area contributed by atoms with Crippen molar-refractivity contribution in [3.63, 3.8) is 0 Å². The molecule has 1 heterocycles. The summed E-state index contributed by atoms with van der Waals surface area (Å²) in [6, 6.07) is 0. The first-order chi connectivity index (χ1) is 4.79. The zero-order chi connectivity index (χ0) is 7.40. The first-order valence-corrected chi connectivity index (χ1v) is 3.30. The number of morpholine rings is 1. The summed E-state index contributed by atoms with van der Waals surface area (Å²) in [5.41, 5.74) is 0. The summed E-state index contributed by atoms with van der Waals surface area (Å²) in [7, 11) is 0. The summed E-state index contributed by atoms with van der Waals surface area (Å²) in [6.45, 7) is 4.05. The number of hydroxylamine groups is 2. The van der Waals surface area contributed by atoms with Crippen molar-refractivity contribution in [2.45, 2.75) is 6.92 Å². The van der Waals surface area contributed by atoms with Crippen LogP contribution in [0.5, 0.6) is 0 Å². The van der Waals surface area contributed by atoms with E-state index in [1.54, 1.807) is 5.06 Å². The van der Waals surface area contributed by atoms with E-state index in [4.69, 9.17) is 9.57 Å². The lowest BCUT2D eigenvalue weighted by Gasteiger charge is -2.24. The molecule has 0 saturated carbocycles. The van der Waals surface area contributed by atoms with Gasteiger partial charge in [0.15, 0.2) is 0 Å². The van der Waals surface area contributed by atoms with Gasteiger partial charge in [0.2, 0.25) is 0 Å². The maximum atomic E-state index is 10.4. The second kappa shape index (κ2) is 5.35. The van der Waals surface area contributed by atoms with Crippen LogP contribution in [0.25, 0.3) is 0 Å². The van der Waals surface area contributed by atoms with Gasteiger partial charge in [-0.05, 0) is 0 Å². The van der Waals surface area contributed by atoms with Crippen molar-refractivity contribution in [1.82, 2.24) is 5.06 Å². The Hall–Kier alpha value is -0.320. The first-order valence-electron chi connectivity index (χ1n) is 3.30. The first kappa shape index (κ1) is 10.7. The number of hydrogen-bond donors (Lipinski definition) is 0. The molecule has 0 radical (unpaired) electrons. The van der Waals surface area contributed by atoms with E-state index in [1.165, 1.54) is 6.92 Å². The minimum Gasteiger partial charge on any atom is -0.379 e. The Labute approximate surface area is 71.8 Å². The van der Waals surface area contributed by atoms with Gasteiger partial charge in [-0.1, -0.05) is 0 Å². The highest BCUT2D eigenvalue weighted by atomic mass is 35.5. The maximum absolute atomic E-state index is 10.4. The Balaban J connectivity index is 0.000001000. The minimum atomic E-state index is -0.262. The summed E-state index contributed by atoms with van der Waals surface area (Å²) in [6.07, 6.45) is 0. The van der Waals surface area contributed by atoms with Crippen LogP contribution in [0, 0.1) is 0 Å². The SMILES string of the molecule is CC(=O)ON1CCOCC1.Cl. The van der Waals surface area contributed by atoms with Crippen molar-refractivity contribution in [2.75, 3.05) is 26.3 Å². The molecule has 66 valence electrons. The van der Waals surface area contributed by atoms with Crippen molar-refractivity contribution in [3.8, 4) is 0 Å². The molecule has 1 aliphatic rings. The molecule has 0 atom stereocenters. The van der Waals surface area contributed by atoms with E-state index in [0.717, 1.165) is 0 Å². The number of carbonyl (C=O) groups excluding carboxylic acids is 1. The van der Waals surface area contributed by atoms with Gasteiger partial charge in [-0.3, -0.25) is 4.79 Å². The van der Waals surface area contributed by atoms with E-state index in [2.05, 4.69) is 0 Å². The molecule has 0 amide bonds. The van der Waals surface area contributed by atoms with E-state index in [1.807, 2.05) is 0 Å². The van der Waals surface area contributed by atoms with Crippen LogP contribution < -0.4 is 0 Å². The highest BCUT2D eigenvalue weighted by Crippen LogP contribution is 1.96. The van der Waals surface area contributed by atoms with Crippen LogP contribution in [0.3, 0.4) is 0 Å². The molecule has 1 aliphatic heterocycles. The molecule has 0 unspecified atom stereocenters.